The second-order valence-corrected chi connectivity index (χ2v) is 6.44. The van der Waals surface area contributed by atoms with Crippen LogP contribution in [0.5, 0.6) is 0 Å². The summed E-state index contributed by atoms with van der Waals surface area (Å²) in [6.07, 6.45) is -1.32. The first-order chi connectivity index (χ1) is 13.3. The Labute approximate surface area is 161 Å². The summed E-state index contributed by atoms with van der Waals surface area (Å²) in [6.45, 7) is -0.463. The molecule has 1 aliphatic carbocycles. The molecule has 1 aromatic carbocycles. The lowest BCUT2D eigenvalue weighted by molar-refractivity contribution is -0.384. The number of hydrogen-bond acceptors (Lipinski definition) is 6. The van der Waals surface area contributed by atoms with E-state index in [4.69, 9.17) is 22.2 Å². The molecule has 0 amide bonds. The Bertz CT molecular complexity index is 941. The lowest BCUT2D eigenvalue weighted by Gasteiger charge is -2.05. The van der Waals surface area contributed by atoms with Crippen LogP contribution in [-0.4, -0.2) is 26.5 Å². The van der Waals surface area contributed by atoms with Crippen molar-refractivity contribution in [3.63, 3.8) is 0 Å². The maximum absolute atomic E-state index is 13.0. The molecule has 1 heterocycles. The fourth-order valence-electron chi connectivity index (χ4n) is 2.54. The van der Waals surface area contributed by atoms with Crippen molar-refractivity contribution in [3.8, 4) is 0 Å². The molecule has 0 spiro atoms. The monoisotopic (exact) mass is 413 g/mol. The predicted molar refractivity (Wildman–Crippen MR) is 94.1 cm³/mol. The molecule has 3 rings (SSSR count). The highest BCUT2D eigenvalue weighted by Gasteiger charge is 2.34. The van der Waals surface area contributed by atoms with Crippen molar-refractivity contribution in [3.05, 3.63) is 56.4 Å². The third-order valence-electron chi connectivity index (χ3n) is 4.03. The summed E-state index contributed by atoms with van der Waals surface area (Å²) in [6, 6.07) is 5.13. The van der Waals surface area contributed by atoms with Crippen molar-refractivity contribution in [2.45, 2.75) is 31.7 Å². The van der Waals surface area contributed by atoms with Gasteiger partial charge < -0.3 is 10.6 Å². The number of carbonyl (C=O) groups is 1. The van der Waals surface area contributed by atoms with Crippen molar-refractivity contribution in [2.75, 3.05) is 0 Å². The van der Waals surface area contributed by atoms with Crippen LogP contribution < -0.4 is 5.73 Å². The Morgan fingerprint density at radius 2 is 2.07 bits per heavy atom. The molecule has 0 atom stereocenters. The van der Waals surface area contributed by atoms with Crippen molar-refractivity contribution in [1.82, 2.24) is 9.78 Å². The summed E-state index contributed by atoms with van der Waals surface area (Å²) in [7, 11) is 0. The first-order valence-electron chi connectivity index (χ1n) is 8.10. The van der Waals surface area contributed by atoms with Gasteiger partial charge in [-0.25, -0.2) is 13.6 Å². The Balaban J connectivity index is 1.69. The quantitative estimate of drug-likeness (QED) is 0.244. The predicted octanol–water partition coefficient (Wildman–Crippen LogP) is 3.12. The number of rotatable bonds is 7. The van der Waals surface area contributed by atoms with Crippen molar-refractivity contribution < 1.29 is 23.3 Å². The van der Waals surface area contributed by atoms with Crippen LogP contribution in [0, 0.1) is 10.1 Å². The van der Waals surface area contributed by atoms with Gasteiger partial charge in [-0.3, -0.25) is 14.8 Å². The molecule has 9 nitrogen and oxygen atoms in total. The maximum atomic E-state index is 13.0. The van der Waals surface area contributed by atoms with Crippen LogP contribution in [0.25, 0.3) is 0 Å². The van der Waals surface area contributed by atoms with Crippen LogP contribution >= 0.6 is 11.6 Å². The number of amidine groups is 1. The van der Waals surface area contributed by atoms with Crippen molar-refractivity contribution in [1.29, 1.82) is 0 Å². The molecule has 0 bridgehead atoms. The van der Waals surface area contributed by atoms with E-state index >= 15 is 0 Å². The molecule has 2 N–H and O–H groups in total. The lowest BCUT2D eigenvalue weighted by atomic mass is 10.2. The summed E-state index contributed by atoms with van der Waals surface area (Å²) in [5.74, 6) is -1.09. The third-order valence-corrected chi connectivity index (χ3v) is 4.41. The zero-order chi connectivity index (χ0) is 20.4. The van der Waals surface area contributed by atoms with Gasteiger partial charge in [-0.15, -0.1) is 0 Å². The van der Waals surface area contributed by atoms with E-state index in [0.29, 0.717) is 11.3 Å². The highest BCUT2D eigenvalue weighted by molar-refractivity contribution is 6.32. The normalized spacial score (nSPS) is 14.4. The molecule has 12 heteroatoms. The van der Waals surface area contributed by atoms with Gasteiger partial charge in [0.25, 0.3) is 12.1 Å². The zero-order valence-corrected chi connectivity index (χ0v) is 15.0. The Morgan fingerprint density at radius 3 is 2.61 bits per heavy atom. The van der Waals surface area contributed by atoms with E-state index in [1.807, 2.05) is 0 Å². The SMILES string of the molecule is N/C(=N\OC(=O)Cn1nc(C(F)F)c(Cl)c1C1CC1)c1ccc([N+](=O)[O-])cc1. The second-order valence-electron chi connectivity index (χ2n) is 6.06. The molecule has 1 fully saturated rings. The molecule has 0 aliphatic heterocycles. The lowest BCUT2D eigenvalue weighted by Crippen LogP contribution is -2.18. The topological polar surface area (TPSA) is 126 Å². The number of nitrogens with zero attached hydrogens (tertiary/aromatic N) is 4. The summed E-state index contributed by atoms with van der Waals surface area (Å²) >= 11 is 5.97. The number of benzene rings is 1. The number of alkyl halides is 2. The van der Waals surface area contributed by atoms with E-state index in [0.717, 1.165) is 17.5 Å². The van der Waals surface area contributed by atoms with Gasteiger partial charge in [-0.2, -0.15) is 5.10 Å². The van der Waals surface area contributed by atoms with Crippen LogP contribution in [0.4, 0.5) is 14.5 Å². The van der Waals surface area contributed by atoms with Crippen LogP contribution in [0.1, 0.15) is 42.1 Å². The van der Waals surface area contributed by atoms with E-state index in [-0.39, 0.29) is 22.5 Å². The Kier molecular flexibility index (Phi) is 5.54. The highest BCUT2D eigenvalue weighted by Crippen LogP contribution is 2.45. The van der Waals surface area contributed by atoms with Gasteiger partial charge in [-0.05, 0) is 25.0 Å². The Hall–Kier alpha value is -3.08. The van der Waals surface area contributed by atoms with E-state index in [1.165, 1.54) is 24.3 Å². The largest absolute Gasteiger partial charge is 0.380 e. The molecule has 148 valence electrons. The van der Waals surface area contributed by atoms with Gasteiger partial charge in [-0.1, -0.05) is 16.8 Å². The van der Waals surface area contributed by atoms with E-state index in [2.05, 4.69) is 10.3 Å². The number of hydrogen-bond donors (Lipinski definition) is 1. The summed E-state index contributed by atoms with van der Waals surface area (Å²) in [5, 5.41) is 17.7. The van der Waals surface area contributed by atoms with Gasteiger partial charge >= 0.3 is 5.97 Å². The Morgan fingerprint density at radius 1 is 1.43 bits per heavy atom. The minimum absolute atomic E-state index is 0.0195. The first-order valence-corrected chi connectivity index (χ1v) is 8.48. The number of carbonyl (C=O) groups excluding carboxylic acids is 1. The molecular formula is C16H14ClF2N5O4. The van der Waals surface area contributed by atoms with Crippen LogP contribution in [0.2, 0.25) is 5.02 Å². The van der Waals surface area contributed by atoms with Crippen molar-refractivity contribution >= 4 is 29.1 Å². The summed E-state index contributed by atoms with van der Waals surface area (Å²) in [5.41, 5.74) is 5.65. The molecule has 2 aromatic rings. The second kappa shape index (κ2) is 7.89. The van der Waals surface area contributed by atoms with Crippen molar-refractivity contribution in [2.24, 2.45) is 10.9 Å². The van der Waals surface area contributed by atoms with E-state index in [1.54, 1.807) is 0 Å². The molecule has 1 aliphatic rings. The zero-order valence-electron chi connectivity index (χ0n) is 14.2. The molecule has 0 saturated heterocycles. The maximum Gasteiger partial charge on any atom is 0.356 e. The van der Waals surface area contributed by atoms with E-state index < -0.39 is 29.6 Å². The highest BCUT2D eigenvalue weighted by atomic mass is 35.5. The minimum Gasteiger partial charge on any atom is -0.380 e. The van der Waals surface area contributed by atoms with Gasteiger partial charge in [0.15, 0.2) is 5.84 Å². The first kappa shape index (κ1) is 19.7. The summed E-state index contributed by atoms with van der Waals surface area (Å²) < 4.78 is 27.1. The minimum atomic E-state index is -2.86. The van der Waals surface area contributed by atoms with Crippen LogP contribution in [0.3, 0.4) is 0 Å². The van der Waals surface area contributed by atoms with Gasteiger partial charge in [0.1, 0.15) is 12.2 Å². The standard InChI is InChI=1S/C16H14ClF2N5O4/c17-12-13(15(18)19)21-23(14(12)8-1-2-8)7-11(25)28-22-16(20)9-3-5-10(6-4-9)24(26)27/h3-6,8,15H,1-2,7H2,(H2,20,22). The fourth-order valence-corrected chi connectivity index (χ4v) is 2.91. The third kappa shape index (κ3) is 4.25. The average Bonchev–Trinajstić information content (AvgIpc) is 3.43. The number of nitro groups is 1. The molecule has 0 unspecified atom stereocenters. The number of nitrogens with two attached hydrogens (primary N) is 1. The number of aromatic nitrogens is 2. The van der Waals surface area contributed by atoms with Gasteiger partial charge in [0.05, 0.1) is 15.6 Å². The molecular weight excluding hydrogens is 400 g/mol. The smallest absolute Gasteiger partial charge is 0.356 e. The average molecular weight is 414 g/mol. The molecule has 28 heavy (non-hydrogen) atoms. The fraction of sp³-hybridized carbons (Fsp3) is 0.312. The summed E-state index contributed by atoms with van der Waals surface area (Å²) in [4.78, 5) is 26.8. The van der Waals surface area contributed by atoms with Gasteiger partial charge in [0.2, 0.25) is 0 Å². The molecule has 0 radical (unpaired) electrons. The molecule has 1 aromatic heterocycles. The number of non-ortho nitro benzene ring substituents is 1. The number of nitro benzene ring substituents is 1. The van der Waals surface area contributed by atoms with Crippen LogP contribution in [0.15, 0.2) is 29.4 Å². The van der Waals surface area contributed by atoms with E-state index in [9.17, 15) is 23.7 Å². The van der Waals surface area contributed by atoms with Crippen LogP contribution in [-0.2, 0) is 16.2 Å². The molecule has 1 saturated carbocycles. The number of halogens is 3. The number of oxime groups is 1. The van der Waals surface area contributed by atoms with Gasteiger partial charge in [0, 0.05) is 23.6 Å².